The molecule has 0 aliphatic rings. The molecule has 0 spiro atoms. The minimum absolute atomic E-state index is 0.267. The van der Waals surface area contributed by atoms with Gasteiger partial charge in [0, 0.05) is 6.42 Å². The van der Waals surface area contributed by atoms with Gasteiger partial charge in [-0.2, -0.15) is 13.2 Å². The van der Waals surface area contributed by atoms with E-state index < -0.39 is 11.6 Å². The van der Waals surface area contributed by atoms with Crippen LogP contribution in [-0.4, -0.2) is 6.18 Å². The SMILES string of the molecule is C#CCC(C)(C)C(F)(F)F. The molecule has 0 aromatic heterocycles. The fraction of sp³-hybridized carbons (Fsp3) is 0.714. The van der Waals surface area contributed by atoms with Crippen LogP contribution in [0, 0.1) is 17.8 Å². The van der Waals surface area contributed by atoms with E-state index >= 15 is 0 Å². The molecule has 0 atom stereocenters. The molecule has 0 nitrogen and oxygen atoms in total. The van der Waals surface area contributed by atoms with Crippen molar-refractivity contribution in [1.29, 1.82) is 0 Å². The molecule has 58 valence electrons. The molecule has 0 fully saturated rings. The molecule has 0 aromatic carbocycles. The fourth-order valence-electron chi connectivity index (χ4n) is 0.355. The van der Waals surface area contributed by atoms with E-state index in [1.807, 2.05) is 5.92 Å². The molecule has 0 N–H and O–H groups in total. The van der Waals surface area contributed by atoms with Gasteiger partial charge < -0.3 is 0 Å². The summed E-state index contributed by atoms with van der Waals surface area (Å²) >= 11 is 0. The van der Waals surface area contributed by atoms with Gasteiger partial charge in [-0.25, -0.2) is 0 Å². The normalized spacial score (nSPS) is 12.8. The van der Waals surface area contributed by atoms with Crippen LogP contribution in [0.15, 0.2) is 0 Å². The van der Waals surface area contributed by atoms with E-state index in [0.717, 1.165) is 13.8 Å². The third-order valence-electron chi connectivity index (χ3n) is 1.31. The summed E-state index contributed by atoms with van der Waals surface area (Å²) in [7, 11) is 0. The fourth-order valence-corrected chi connectivity index (χ4v) is 0.355. The Kier molecular flexibility index (Phi) is 2.37. The molecular weight excluding hydrogens is 141 g/mol. The maximum Gasteiger partial charge on any atom is 0.394 e. The lowest BCUT2D eigenvalue weighted by Crippen LogP contribution is -2.31. The van der Waals surface area contributed by atoms with Crippen LogP contribution >= 0.6 is 0 Å². The first-order valence-corrected chi connectivity index (χ1v) is 2.81. The predicted octanol–water partition coefficient (Wildman–Crippen LogP) is 2.60. The zero-order valence-electron chi connectivity index (χ0n) is 5.92. The predicted molar refractivity (Wildman–Crippen MR) is 33.3 cm³/mol. The van der Waals surface area contributed by atoms with Crippen molar-refractivity contribution in [2.75, 3.05) is 0 Å². The molecule has 0 rings (SSSR count). The van der Waals surface area contributed by atoms with Gasteiger partial charge in [-0.1, -0.05) is 13.8 Å². The molecule has 0 aromatic rings. The lowest BCUT2D eigenvalue weighted by atomic mass is 9.89. The number of alkyl halides is 3. The number of terminal acetylenes is 1. The van der Waals surface area contributed by atoms with Gasteiger partial charge in [-0.15, -0.1) is 12.3 Å². The van der Waals surface area contributed by atoms with E-state index in [4.69, 9.17) is 6.42 Å². The highest BCUT2D eigenvalue weighted by Crippen LogP contribution is 2.39. The Labute approximate surface area is 58.4 Å². The molecule has 10 heavy (non-hydrogen) atoms. The van der Waals surface area contributed by atoms with Gasteiger partial charge in [0.05, 0.1) is 5.41 Å². The van der Waals surface area contributed by atoms with Crippen molar-refractivity contribution >= 4 is 0 Å². The molecule has 0 amide bonds. The van der Waals surface area contributed by atoms with Gasteiger partial charge in [-0.05, 0) is 0 Å². The summed E-state index contributed by atoms with van der Waals surface area (Å²) in [6.45, 7) is 2.18. The Morgan fingerprint density at radius 3 is 1.80 bits per heavy atom. The van der Waals surface area contributed by atoms with Crippen molar-refractivity contribution in [2.45, 2.75) is 26.4 Å². The average molecular weight is 150 g/mol. The summed E-state index contributed by atoms with van der Waals surface area (Å²) in [5, 5.41) is 0. The molecule has 3 heteroatoms. The van der Waals surface area contributed by atoms with Gasteiger partial charge in [0.2, 0.25) is 0 Å². The third-order valence-corrected chi connectivity index (χ3v) is 1.31. The zero-order chi connectivity index (χ0) is 8.41. The van der Waals surface area contributed by atoms with E-state index in [2.05, 4.69) is 0 Å². The lowest BCUT2D eigenvalue weighted by molar-refractivity contribution is -0.209. The van der Waals surface area contributed by atoms with E-state index in [9.17, 15) is 13.2 Å². The van der Waals surface area contributed by atoms with Crippen molar-refractivity contribution in [3.8, 4) is 12.3 Å². The molecular formula is C7H9F3. The Hall–Kier alpha value is -0.650. The molecule has 0 unspecified atom stereocenters. The highest BCUT2D eigenvalue weighted by Gasteiger charge is 2.46. The maximum absolute atomic E-state index is 11.9. The first-order chi connectivity index (χ1) is 4.31. The molecule has 0 aliphatic heterocycles. The number of halogens is 3. The highest BCUT2D eigenvalue weighted by molar-refractivity contribution is 4.93. The largest absolute Gasteiger partial charge is 0.394 e. The molecule has 0 bridgehead atoms. The lowest BCUT2D eigenvalue weighted by Gasteiger charge is -2.24. The second-order valence-electron chi connectivity index (χ2n) is 2.76. The smallest absolute Gasteiger partial charge is 0.170 e. The molecule has 0 heterocycles. The van der Waals surface area contributed by atoms with Gasteiger partial charge in [0.15, 0.2) is 0 Å². The standard InChI is InChI=1S/C7H9F3/c1-4-5-6(2,3)7(8,9)10/h1H,5H2,2-3H3. The van der Waals surface area contributed by atoms with Crippen LogP contribution < -0.4 is 0 Å². The number of hydrogen-bond donors (Lipinski definition) is 0. The van der Waals surface area contributed by atoms with E-state index in [1.165, 1.54) is 0 Å². The van der Waals surface area contributed by atoms with Crippen LogP contribution in [0.4, 0.5) is 13.2 Å². The zero-order valence-corrected chi connectivity index (χ0v) is 5.92. The summed E-state index contributed by atoms with van der Waals surface area (Å²) in [6, 6.07) is 0. The van der Waals surface area contributed by atoms with Crippen molar-refractivity contribution in [1.82, 2.24) is 0 Å². The van der Waals surface area contributed by atoms with Gasteiger partial charge in [0.1, 0.15) is 0 Å². The Bertz CT molecular complexity index is 147. The van der Waals surface area contributed by atoms with E-state index in [0.29, 0.717) is 0 Å². The maximum atomic E-state index is 11.9. The van der Waals surface area contributed by atoms with Gasteiger partial charge in [0.25, 0.3) is 0 Å². The van der Waals surface area contributed by atoms with Crippen LogP contribution in [0.3, 0.4) is 0 Å². The number of rotatable bonds is 1. The summed E-state index contributed by atoms with van der Waals surface area (Å²) in [6.07, 6.45) is 0.299. The van der Waals surface area contributed by atoms with Crippen LogP contribution in [0.1, 0.15) is 20.3 Å². The van der Waals surface area contributed by atoms with Crippen molar-refractivity contribution < 1.29 is 13.2 Å². The van der Waals surface area contributed by atoms with Crippen molar-refractivity contribution in [3.05, 3.63) is 0 Å². The van der Waals surface area contributed by atoms with Crippen molar-refractivity contribution in [2.24, 2.45) is 5.41 Å². The van der Waals surface area contributed by atoms with Crippen molar-refractivity contribution in [3.63, 3.8) is 0 Å². The average Bonchev–Trinajstić information content (AvgIpc) is 1.61. The second-order valence-corrected chi connectivity index (χ2v) is 2.76. The first kappa shape index (κ1) is 9.35. The minimum Gasteiger partial charge on any atom is -0.170 e. The topological polar surface area (TPSA) is 0 Å². The summed E-state index contributed by atoms with van der Waals surface area (Å²) in [5.74, 6) is 1.99. The quantitative estimate of drug-likeness (QED) is 0.504. The number of hydrogen-bond acceptors (Lipinski definition) is 0. The first-order valence-electron chi connectivity index (χ1n) is 2.81. The summed E-state index contributed by atoms with van der Waals surface area (Å²) in [5.41, 5.74) is -1.75. The summed E-state index contributed by atoms with van der Waals surface area (Å²) < 4.78 is 35.8. The molecule has 0 saturated carbocycles. The van der Waals surface area contributed by atoms with E-state index in [-0.39, 0.29) is 6.42 Å². The van der Waals surface area contributed by atoms with Crippen LogP contribution in [-0.2, 0) is 0 Å². The van der Waals surface area contributed by atoms with Crippen LogP contribution in [0.2, 0.25) is 0 Å². The minimum atomic E-state index is -4.20. The van der Waals surface area contributed by atoms with Gasteiger partial charge in [-0.3, -0.25) is 0 Å². The second kappa shape index (κ2) is 2.53. The summed E-state index contributed by atoms with van der Waals surface area (Å²) in [4.78, 5) is 0. The molecule has 0 aliphatic carbocycles. The van der Waals surface area contributed by atoms with Crippen LogP contribution in [0.25, 0.3) is 0 Å². The monoisotopic (exact) mass is 150 g/mol. The Morgan fingerprint density at radius 1 is 1.30 bits per heavy atom. The molecule has 0 saturated heterocycles. The highest BCUT2D eigenvalue weighted by atomic mass is 19.4. The third kappa shape index (κ3) is 1.94. The Balaban J connectivity index is 4.28. The molecule has 0 radical (unpaired) electrons. The van der Waals surface area contributed by atoms with Gasteiger partial charge >= 0.3 is 6.18 Å². The van der Waals surface area contributed by atoms with E-state index in [1.54, 1.807) is 0 Å². The van der Waals surface area contributed by atoms with Crippen LogP contribution in [0.5, 0.6) is 0 Å². The Morgan fingerprint density at radius 2 is 1.70 bits per heavy atom.